The smallest absolute Gasteiger partial charge is 0.248 e. The summed E-state index contributed by atoms with van der Waals surface area (Å²) < 4.78 is 0. The molecule has 0 saturated carbocycles. The molecule has 1 aromatic rings. The molecule has 0 bridgehead atoms. The molecule has 3 aliphatic rings. The number of amides is 1. The van der Waals surface area contributed by atoms with Crippen molar-refractivity contribution in [1.82, 2.24) is 0 Å². The maximum Gasteiger partial charge on any atom is 0.248 e. The number of carbonyl (C=O) groups excluding carboxylic acids is 2. The molecule has 1 atom stereocenters. The van der Waals surface area contributed by atoms with Crippen molar-refractivity contribution in [2.45, 2.75) is 33.1 Å². The van der Waals surface area contributed by atoms with Crippen molar-refractivity contribution in [2.75, 3.05) is 11.4 Å². The molecule has 2 aliphatic heterocycles. The fourth-order valence-electron chi connectivity index (χ4n) is 4.30. The Balaban J connectivity index is 2.07. The van der Waals surface area contributed by atoms with E-state index in [4.69, 9.17) is 11.6 Å². The van der Waals surface area contributed by atoms with Gasteiger partial charge in [-0.05, 0) is 41.5 Å². The van der Waals surface area contributed by atoms with Crippen molar-refractivity contribution in [2.24, 2.45) is 11.3 Å². The van der Waals surface area contributed by atoms with E-state index in [0.29, 0.717) is 42.0 Å². The Morgan fingerprint density at radius 3 is 2.75 bits per heavy atom. The lowest BCUT2D eigenvalue weighted by Gasteiger charge is -2.32. The maximum atomic E-state index is 13.0. The lowest BCUT2D eigenvalue weighted by molar-refractivity contribution is -0.119. The molecule has 0 N–H and O–H groups in total. The largest absolute Gasteiger partial charge is 0.310 e. The SMILES string of the molecule is CC1(C)CC(=O)C2=C(C1)C(C#N)C(=O)N1CCc3cc(Cl)cc2c31. The van der Waals surface area contributed by atoms with Gasteiger partial charge < -0.3 is 4.90 Å². The molecular formula is C19H17ClN2O2. The molecule has 122 valence electrons. The van der Waals surface area contributed by atoms with Crippen LogP contribution >= 0.6 is 11.6 Å². The summed E-state index contributed by atoms with van der Waals surface area (Å²) in [6, 6.07) is 5.79. The van der Waals surface area contributed by atoms with Crippen molar-refractivity contribution in [1.29, 1.82) is 5.26 Å². The number of fused-ring (bicyclic) bond motifs is 1. The standard InChI is InChI=1S/C19H17ClN2O2/c1-19(2)7-13-14(9-21)18(24)22-4-3-10-5-11(20)6-12(17(10)22)16(13)15(23)8-19/h5-6,14H,3-4,7-8H2,1-2H3. The number of anilines is 1. The molecule has 1 unspecified atom stereocenters. The minimum atomic E-state index is -0.888. The van der Waals surface area contributed by atoms with Crippen LogP contribution in [0.5, 0.6) is 0 Å². The Morgan fingerprint density at radius 2 is 2.04 bits per heavy atom. The summed E-state index contributed by atoms with van der Waals surface area (Å²) >= 11 is 6.27. The van der Waals surface area contributed by atoms with Gasteiger partial charge in [-0.3, -0.25) is 9.59 Å². The molecule has 2 heterocycles. The fourth-order valence-corrected chi connectivity index (χ4v) is 4.54. The molecular weight excluding hydrogens is 324 g/mol. The number of ketones is 1. The maximum absolute atomic E-state index is 13.0. The Kier molecular flexibility index (Phi) is 3.17. The second-order valence-corrected chi connectivity index (χ2v) is 8.04. The van der Waals surface area contributed by atoms with E-state index in [1.165, 1.54) is 0 Å². The summed E-state index contributed by atoms with van der Waals surface area (Å²) in [5, 5.41) is 10.2. The van der Waals surface area contributed by atoms with Crippen molar-refractivity contribution in [3.05, 3.63) is 33.9 Å². The van der Waals surface area contributed by atoms with Crippen LogP contribution in [-0.4, -0.2) is 18.2 Å². The number of nitrogens with zero attached hydrogens (tertiary/aromatic N) is 2. The van der Waals surface area contributed by atoms with Gasteiger partial charge in [-0.1, -0.05) is 25.4 Å². The molecule has 24 heavy (non-hydrogen) atoms. The number of Topliss-reactive ketones (excluding diaryl/α,β-unsaturated/α-hetero) is 1. The molecule has 0 spiro atoms. The number of carbonyl (C=O) groups is 2. The third-order valence-corrected chi connectivity index (χ3v) is 5.41. The van der Waals surface area contributed by atoms with E-state index < -0.39 is 5.92 Å². The summed E-state index contributed by atoms with van der Waals surface area (Å²) in [7, 11) is 0. The zero-order valence-electron chi connectivity index (χ0n) is 13.6. The van der Waals surface area contributed by atoms with Crippen LogP contribution in [0.1, 0.15) is 37.8 Å². The van der Waals surface area contributed by atoms with Gasteiger partial charge in [-0.2, -0.15) is 5.26 Å². The average Bonchev–Trinajstić information content (AvgIpc) is 2.85. The van der Waals surface area contributed by atoms with Gasteiger partial charge in [0.1, 0.15) is 5.92 Å². The summed E-state index contributed by atoms with van der Waals surface area (Å²) in [5.74, 6) is -1.09. The van der Waals surface area contributed by atoms with E-state index >= 15 is 0 Å². The van der Waals surface area contributed by atoms with Crippen LogP contribution in [0.25, 0.3) is 5.57 Å². The Labute approximate surface area is 145 Å². The molecule has 4 rings (SSSR count). The van der Waals surface area contributed by atoms with Crippen LogP contribution in [0.4, 0.5) is 5.69 Å². The Morgan fingerprint density at radius 1 is 1.29 bits per heavy atom. The van der Waals surface area contributed by atoms with Gasteiger partial charge in [0.25, 0.3) is 0 Å². The van der Waals surface area contributed by atoms with Crippen LogP contribution < -0.4 is 4.90 Å². The Bertz CT molecular complexity index is 876. The number of hydrogen-bond acceptors (Lipinski definition) is 3. The number of nitriles is 1. The first-order valence-electron chi connectivity index (χ1n) is 8.12. The summed E-state index contributed by atoms with van der Waals surface area (Å²) in [4.78, 5) is 27.6. The van der Waals surface area contributed by atoms with E-state index in [1.54, 1.807) is 11.0 Å². The first-order valence-corrected chi connectivity index (χ1v) is 8.50. The summed E-state index contributed by atoms with van der Waals surface area (Å²) in [6.45, 7) is 4.55. The molecule has 4 nitrogen and oxygen atoms in total. The third kappa shape index (κ3) is 2.04. The number of hydrogen-bond donors (Lipinski definition) is 0. The van der Waals surface area contributed by atoms with Gasteiger partial charge in [0.05, 0.1) is 11.8 Å². The monoisotopic (exact) mass is 340 g/mol. The fraction of sp³-hybridized carbons (Fsp3) is 0.421. The predicted molar refractivity (Wildman–Crippen MR) is 91.6 cm³/mol. The zero-order valence-corrected chi connectivity index (χ0v) is 14.4. The van der Waals surface area contributed by atoms with Gasteiger partial charge >= 0.3 is 0 Å². The second-order valence-electron chi connectivity index (χ2n) is 7.60. The molecule has 1 aromatic carbocycles. The second kappa shape index (κ2) is 4.94. The minimum absolute atomic E-state index is 0.00696. The number of allylic oxidation sites excluding steroid dienone is 1. The van der Waals surface area contributed by atoms with Crippen molar-refractivity contribution in [3.8, 4) is 6.07 Å². The molecule has 0 aromatic heterocycles. The van der Waals surface area contributed by atoms with Crippen LogP contribution in [0.2, 0.25) is 5.02 Å². The number of rotatable bonds is 0. The van der Waals surface area contributed by atoms with Gasteiger partial charge in [0, 0.05) is 29.1 Å². The van der Waals surface area contributed by atoms with Crippen LogP contribution in [0.15, 0.2) is 17.7 Å². The van der Waals surface area contributed by atoms with Gasteiger partial charge in [0.2, 0.25) is 5.91 Å². The summed E-state index contributed by atoms with van der Waals surface area (Å²) in [6.07, 6.45) is 1.70. The molecule has 0 fully saturated rings. The molecule has 5 heteroatoms. The molecule has 1 aliphatic carbocycles. The normalized spacial score (nSPS) is 24.4. The van der Waals surface area contributed by atoms with E-state index in [9.17, 15) is 14.9 Å². The van der Waals surface area contributed by atoms with Crippen LogP contribution in [0.3, 0.4) is 0 Å². The highest BCUT2D eigenvalue weighted by molar-refractivity contribution is 6.32. The van der Waals surface area contributed by atoms with Crippen molar-refractivity contribution < 1.29 is 9.59 Å². The van der Waals surface area contributed by atoms with E-state index in [2.05, 4.69) is 6.07 Å². The molecule has 1 amide bonds. The topological polar surface area (TPSA) is 61.2 Å². The third-order valence-electron chi connectivity index (χ3n) is 5.20. The highest BCUT2D eigenvalue weighted by atomic mass is 35.5. The van der Waals surface area contributed by atoms with Crippen molar-refractivity contribution in [3.63, 3.8) is 0 Å². The zero-order chi connectivity index (χ0) is 17.2. The average molecular weight is 341 g/mol. The lowest BCUT2D eigenvalue weighted by Crippen LogP contribution is -2.36. The van der Waals surface area contributed by atoms with Crippen LogP contribution in [-0.2, 0) is 16.0 Å². The van der Waals surface area contributed by atoms with E-state index in [-0.39, 0.29) is 17.1 Å². The van der Waals surface area contributed by atoms with Gasteiger partial charge in [-0.15, -0.1) is 0 Å². The number of benzene rings is 1. The summed E-state index contributed by atoms with van der Waals surface area (Å²) in [5.41, 5.74) is 3.47. The lowest BCUT2D eigenvalue weighted by atomic mass is 9.69. The minimum Gasteiger partial charge on any atom is -0.310 e. The number of halogens is 1. The molecule has 0 radical (unpaired) electrons. The van der Waals surface area contributed by atoms with E-state index in [0.717, 1.165) is 16.8 Å². The first-order chi connectivity index (χ1) is 11.3. The quantitative estimate of drug-likeness (QED) is 0.726. The predicted octanol–water partition coefficient (Wildman–Crippen LogP) is 3.53. The first kappa shape index (κ1) is 15.4. The highest BCUT2D eigenvalue weighted by Gasteiger charge is 2.45. The highest BCUT2D eigenvalue weighted by Crippen LogP contribution is 2.50. The molecule has 0 saturated heterocycles. The van der Waals surface area contributed by atoms with Gasteiger partial charge in [0.15, 0.2) is 5.78 Å². The van der Waals surface area contributed by atoms with E-state index in [1.807, 2.05) is 19.9 Å². The van der Waals surface area contributed by atoms with Crippen molar-refractivity contribution >= 4 is 34.6 Å². The van der Waals surface area contributed by atoms with Gasteiger partial charge in [-0.25, -0.2) is 0 Å². The van der Waals surface area contributed by atoms with Crippen LogP contribution in [0, 0.1) is 22.7 Å². The Hall–Kier alpha value is -2.12.